The molecule has 2 aliphatic rings. The first kappa shape index (κ1) is 10.3. The molecule has 2 unspecified atom stereocenters. The van der Waals surface area contributed by atoms with Crippen molar-refractivity contribution in [2.45, 2.75) is 38.3 Å². The normalized spacial score (nSPS) is 29.1. The number of aryl methyl sites for hydroxylation is 2. The third-order valence-electron chi connectivity index (χ3n) is 3.69. The Kier molecular flexibility index (Phi) is 2.70. The molecular formula is C14H19NO. The van der Waals surface area contributed by atoms with Gasteiger partial charge in [0.25, 0.3) is 0 Å². The highest BCUT2D eigenvalue weighted by Gasteiger charge is 2.21. The molecule has 86 valence electrons. The average Bonchev–Trinajstić information content (AvgIpc) is 2.77. The van der Waals surface area contributed by atoms with Crippen molar-refractivity contribution in [3.8, 4) is 0 Å². The van der Waals surface area contributed by atoms with Crippen LogP contribution in [0.3, 0.4) is 0 Å². The summed E-state index contributed by atoms with van der Waals surface area (Å²) in [5, 5.41) is 3.47. The predicted molar refractivity (Wildman–Crippen MR) is 64.6 cm³/mol. The first-order chi connectivity index (χ1) is 7.83. The number of morpholine rings is 1. The van der Waals surface area contributed by atoms with E-state index in [9.17, 15) is 0 Å². The van der Waals surface area contributed by atoms with Crippen LogP contribution >= 0.6 is 0 Å². The fraction of sp³-hybridized carbons (Fsp3) is 0.571. The molecule has 1 fully saturated rings. The molecule has 1 aromatic carbocycles. The zero-order valence-corrected chi connectivity index (χ0v) is 9.83. The number of fused-ring (bicyclic) bond motifs is 1. The van der Waals surface area contributed by atoms with E-state index in [1.807, 2.05) is 0 Å². The highest BCUT2D eigenvalue weighted by Crippen LogP contribution is 2.27. The molecule has 0 spiro atoms. The highest BCUT2D eigenvalue weighted by molar-refractivity contribution is 5.36. The van der Waals surface area contributed by atoms with Crippen molar-refractivity contribution in [3.05, 3.63) is 34.9 Å². The van der Waals surface area contributed by atoms with E-state index in [2.05, 4.69) is 30.4 Å². The number of nitrogens with one attached hydrogen (secondary N) is 1. The van der Waals surface area contributed by atoms with Crippen molar-refractivity contribution in [3.63, 3.8) is 0 Å². The lowest BCUT2D eigenvalue weighted by Gasteiger charge is -2.28. The van der Waals surface area contributed by atoms with Gasteiger partial charge in [-0.05, 0) is 42.9 Å². The van der Waals surface area contributed by atoms with E-state index in [1.165, 1.54) is 24.8 Å². The van der Waals surface area contributed by atoms with E-state index in [0.29, 0.717) is 6.04 Å². The van der Waals surface area contributed by atoms with Gasteiger partial charge in [0.2, 0.25) is 0 Å². The Bertz CT molecular complexity index is 380. The number of hydrogen-bond donors (Lipinski definition) is 1. The molecule has 0 radical (unpaired) electrons. The molecule has 1 heterocycles. The van der Waals surface area contributed by atoms with Gasteiger partial charge in [0, 0.05) is 12.6 Å². The van der Waals surface area contributed by atoms with E-state index < -0.39 is 0 Å². The number of hydrogen-bond acceptors (Lipinski definition) is 2. The maximum absolute atomic E-state index is 5.87. The topological polar surface area (TPSA) is 21.3 Å². The molecule has 1 N–H and O–H groups in total. The Morgan fingerprint density at radius 1 is 1.25 bits per heavy atom. The van der Waals surface area contributed by atoms with Gasteiger partial charge in [-0.2, -0.15) is 0 Å². The Morgan fingerprint density at radius 2 is 2.12 bits per heavy atom. The molecule has 0 bridgehead atoms. The van der Waals surface area contributed by atoms with Crippen molar-refractivity contribution >= 4 is 0 Å². The van der Waals surface area contributed by atoms with Crippen molar-refractivity contribution in [2.75, 3.05) is 13.2 Å². The first-order valence-electron chi connectivity index (χ1n) is 6.29. The van der Waals surface area contributed by atoms with E-state index >= 15 is 0 Å². The van der Waals surface area contributed by atoms with Crippen LogP contribution in [0.15, 0.2) is 18.2 Å². The standard InChI is InChI=1S/C14H19NO/c1-10-9-16-14(8-15-10)13-6-5-11-3-2-4-12(11)7-13/h5-7,10,14-15H,2-4,8-9H2,1H3. The second-order valence-electron chi connectivity index (χ2n) is 5.01. The van der Waals surface area contributed by atoms with E-state index in [4.69, 9.17) is 4.74 Å². The van der Waals surface area contributed by atoms with E-state index in [0.717, 1.165) is 13.2 Å². The summed E-state index contributed by atoms with van der Waals surface area (Å²) in [6, 6.07) is 7.38. The lowest BCUT2D eigenvalue weighted by Crippen LogP contribution is -2.40. The molecule has 1 aliphatic heterocycles. The van der Waals surface area contributed by atoms with Crippen LogP contribution in [0, 0.1) is 0 Å². The van der Waals surface area contributed by atoms with Gasteiger partial charge in [0.1, 0.15) is 0 Å². The second-order valence-corrected chi connectivity index (χ2v) is 5.01. The number of ether oxygens (including phenoxy) is 1. The molecule has 1 aliphatic carbocycles. The maximum Gasteiger partial charge on any atom is 0.0950 e. The quantitative estimate of drug-likeness (QED) is 0.779. The molecular weight excluding hydrogens is 198 g/mol. The summed E-state index contributed by atoms with van der Waals surface area (Å²) in [6.07, 6.45) is 4.08. The summed E-state index contributed by atoms with van der Waals surface area (Å²) in [5.74, 6) is 0. The summed E-state index contributed by atoms with van der Waals surface area (Å²) in [5.41, 5.74) is 4.43. The zero-order chi connectivity index (χ0) is 11.0. The Balaban J connectivity index is 1.79. The Hall–Kier alpha value is -0.860. The van der Waals surface area contributed by atoms with Crippen molar-refractivity contribution in [2.24, 2.45) is 0 Å². The monoisotopic (exact) mass is 217 g/mol. The van der Waals surface area contributed by atoms with Crippen molar-refractivity contribution in [1.82, 2.24) is 5.32 Å². The average molecular weight is 217 g/mol. The lowest BCUT2D eigenvalue weighted by atomic mass is 10.0. The van der Waals surface area contributed by atoms with Crippen LogP contribution in [0.4, 0.5) is 0 Å². The van der Waals surface area contributed by atoms with Gasteiger partial charge in [0.15, 0.2) is 0 Å². The minimum Gasteiger partial charge on any atom is -0.371 e. The molecule has 16 heavy (non-hydrogen) atoms. The SMILES string of the molecule is CC1COC(c2ccc3c(c2)CCC3)CN1. The largest absolute Gasteiger partial charge is 0.371 e. The second kappa shape index (κ2) is 4.19. The maximum atomic E-state index is 5.87. The smallest absolute Gasteiger partial charge is 0.0950 e. The van der Waals surface area contributed by atoms with Gasteiger partial charge >= 0.3 is 0 Å². The minimum atomic E-state index is 0.252. The van der Waals surface area contributed by atoms with Crippen LogP contribution in [-0.4, -0.2) is 19.2 Å². The van der Waals surface area contributed by atoms with Crippen LogP contribution in [0.5, 0.6) is 0 Å². The van der Waals surface area contributed by atoms with Gasteiger partial charge in [-0.25, -0.2) is 0 Å². The first-order valence-corrected chi connectivity index (χ1v) is 6.29. The summed E-state index contributed by atoms with van der Waals surface area (Å²) < 4.78 is 5.87. The minimum absolute atomic E-state index is 0.252. The summed E-state index contributed by atoms with van der Waals surface area (Å²) in [4.78, 5) is 0. The fourth-order valence-electron chi connectivity index (χ4n) is 2.69. The van der Waals surface area contributed by atoms with Crippen LogP contribution in [0.25, 0.3) is 0 Å². The predicted octanol–water partition coefficient (Wildman–Crippen LogP) is 2.22. The number of rotatable bonds is 1. The van der Waals surface area contributed by atoms with Crippen LogP contribution < -0.4 is 5.32 Å². The Labute approximate surface area is 97.0 Å². The molecule has 0 amide bonds. The summed E-state index contributed by atoms with van der Waals surface area (Å²) >= 11 is 0. The van der Waals surface area contributed by atoms with Gasteiger partial charge in [0.05, 0.1) is 12.7 Å². The van der Waals surface area contributed by atoms with E-state index in [-0.39, 0.29) is 6.10 Å². The van der Waals surface area contributed by atoms with Crippen LogP contribution in [-0.2, 0) is 17.6 Å². The van der Waals surface area contributed by atoms with Gasteiger partial charge in [-0.1, -0.05) is 18.2 Å². The lowest BCUT2D eigenvalue weighted by molar-refractivity contribution is 0.00692. The zero-order valence-electron chi connectivity index (χ0n) is 9.83. The summed E-state index contributed by atoms with van der Waals surface area (Å²) in [6.45, 7) is 3.93. The van der Waals surface area contributed by atoms with Gasteiger partial charge in [-0.15, -0.1) is 0 Å². The fourth-order valence-corrected chi connectivity index (χ4v) is 2.69. The van der Waals surface area contributed by atoms with Gasteiger partial charge in [-0.3, -0.25) is 0 Å². The third-order valence-corrected chi connectivity index (χ3v) is 3.69. The summed E-state index contributed by atoms with van der Waals surface area (Å²) in [7, 11) is 0. The number of benzene rings is 1. The molecule has 2 atom stereocenters. The van der Waals surface area contributed by atoms with Gasteiger partial charge < -0.3 is 10.1 Å². The molecule has 0 aromatic heterocycles. The molecule has 1 saturated heterocycles. The molecule has 3 rings (SSSR count). The van der Waals surface area contributed by atoms with Crippen molar-refractivity contribution in [1.29, 1.82) is 0 Å². The molecule has 2 nitrogen and oxygen atoms in total. The van der Waals surface area contributed by atoms with Crippen molar-refractivity contribution < 1.29 is 4.74 Å². The third kappa shape index (κ3) is 1.87. The molecule has 2 heteroatoms. The van der Waals surface area contributed by atoms with Crippen LogP contribution in [0.1, 0.15) is 36.1 Å². The molecule has 0 saturated carbocycles. The Morgan fingerprint density at radius 3 is 2.94 bits per heavy atom. The molecule has 1 aromatic rings. The van der Waals surface area contributed by atoms with E-state index in [1.54, 1.807) is 11.1 Å². The van der Waals surface area contributed by atoms with Crippen LogP contribution in [0.2, 0.25) is 0 Å². The highest BCUT2D eigenvalue weighted by atomic mass is 16.5.